The van der Waals surface area contributed by atoms with Crippen LogP contribution in [0.5, 0.6) is 0 Å². The average molecular weight is 276 g/mol. The van der Waals surface area contributed by atoms with E-state index >= 15 is 0 Å². The molecule has 0 spiro atoms. The predicted molar refractivity (Wildman–Crippen MR) is 77.1 cm³/mol. The lowest BCUT2D eigenvalue weighted by atomic mass is 10.3. The zero-order valence-electron chi connectivity index (χ0n) is 11.2. The van der Waals surface area contributed by atoms with Crippen molar-refractivity contribution in [3.63, 3.8) is 0 Å². The summed E-state index contributed by atoms with van der Waals surface area (Å²) in [7, 11) is 0. The Kier molecular flexibility index (Phi) is 3.94. The summed E-state index contributed by atoms with van der Waals surface area (Å²) in [5, 5.41) is 11.3. The molecule has 1 N–H and O–H groups in total. The van der Waals surface area contributed by atoms with E-state index in [2.05, 4.69) is 39.3 Å². The molecule has 0 amide bonds. The monoisotopic (exact) mass is 276 g/mol. The Balaban J connectivity index is 1.55. The molecule has 0 saturated heterocycles. The van der Waals surface area contributed by atoms with Gasteiger partial charge in [0.15, 0.2) is 0 Å². The van der Waals surface area contributed by atoms with Gasteiger partial charge in [0, 0.05) is 24.3 Å². The van der Waals surface area contributed by atoms with E-state index in [9.17, 15) is 0 Å². The van der Waals surface area contributed by atoms with Gasteiger partial charge in [0.1, 0.15) is 5.01 Å². The number of aromatic nitrogens is 3. The number of hydrogen-bond acceptors (Lipinski definition) is 4. The van der Waals surface area contributed by atoms with Gasteiger partial charge in [-0.1, -0.05) is 12.8 Å². The molecule has 0 bridgehead atoms. The molecule has 1 unspecified atom stereocenters. The van der Waals surface area contributed by atoms with E-state index in [1.54, 1.807) is 11.3 Å². The van der Waals surface area contributed by atoms with Gasteiger partial charge in [0.05, 0.1) is 17.8 Å². The molecule has 1 atom stereocenters. The van der Waals surface area contributed by atoms with Gasteiger partial charge in [-0.25, -0.2) is 4.98 Å². The zero-order chi connectivity index (χ0) is 13.1. The Morgan fingerprint density at radius 3 is 3.05 bits per heavy atom. The fraction of sp³-hybridized carbons (Fsp3) is 0.571. The minimum absolute atomic E-state index is 0.289. The predicted octanol–water partition coefficient (Wildman–Crippen LogP) is 3.31. The van der Waals surface area contributed by atoms with Crippen molar-refractivity contribution >= 4 is 11.3 Å². The highest BCUT2D eigenvalue weighted by atomic mass is 32.1. The molecule has 19 heavy (non-hydrogen) atoms. The number of rotatable bonds is 5. The van der Waals surface area contributed by atoms with Gasteiger partial charge in [0.2, 0.25) is 0 Å². The Labute approximate surface area is 117 Å². The molecule has 0 aliphatic heterocycles. The Morgan fingerprint density at radius 2 is 2.32 bits per heavy atom. The van der Waals surface area contributed by atoms with Crippen LogP contribution in [0.15, 0.2) is 23.8 Å². The Bertz CT molecular complexity index is 499. The van der Waals surface area contributed by atoms with Gasteiger partial charge in [-0.15, -0.1) is 11.3 Å². The van der Waals surface area contributed by atoms with E-state index in [1.807, 2.05) is 11.6 Å². The van der Waals surface area contributed by atoms with E-state index in [4.69, 9.17) is 0 Å². The molecule has 2 heterocycles. The van der Waals surface area contributed by atoms with Crippen molar-refractivity contribution in [2.75, 3.05) is 0 Å². The van der Waals surface area contributed by atoms with Crippen LogP contribution in [0.25, 0.3) is 0 Å². The largest absolute Gasteiger partial charge is 0.302 e. The molecular formula is C14H20N4S. The lowest BCUT2D eigenvalue weighted by Gasteiger charge is -2.10. The summed E-state index contributed by atoms with van der Waals surface area (Å²) < 4.78 is 2.15. The molecule has 5 heteroatoms. The highest BCUT2D eigenvalue weighted by Gasteiger charge is 2.17. The fourth-order valence-corrected chi connectivity index (χ4v) is 3.31. The van der Waals surface area contributed by atoms with E-state index in [0.717, 1.165) is 17.2 Å². The van der Waals surface area contributed by atoms with Crippen LogP contribution in [-0.4, -0.2) is 14.8 Å². The second-order valence-corrected chi connectivity index (χ2v) is 6.12. The normalized spacial score (nSPS) is 17.9. The van der Waals surface area contributed by atoms with Gasteiger partial charge in [-0.2, -0.15) is 5.10 Å². The van der Waals surface area contributed by atoms with Gasteiger partial charge < -0.3 is 5.32 Å². The first-order valence-corrected chi connectivity index (χ1v) is 7.87. The maximum absolute atomic E-state index is 4.68. The standard InChI is InChI=1S/C14H20N4S/c1-11(14-15-7-9-19-14)16-10-12-6-8-18(17-12)13-4-2-3-5-13/h6-9,11,13,16H,2-5,10H2,1H3. The van der Waals surface area contributed by atoms with Crippen LogP contribution in [0.1, 0.15) is 55.4 Å². The second kappa shape index (κ2) is 5.84. The molecule has 1 aliphatic carbocycles. The van der Waals surface area contributed by atoms with Crippen molar-refractivity contribution in [2.24, 2.45) is 0 Å². The summed E-state index contributed by atoms with van der Waals surface area (Å²) in [4.78, 5) is 4.33. The van der Waals surface area contributed by atoms with Gasteiger partial charge in [-0.05, 0) is 25.8 Å². The van der Waals surface area contributed by atoms with E-state index < -0.39 is 0 Å². The summed E-state index contributed by atoms with van der Waals surface area (Å²) in [5.41, 5.74) is 1.12. The van der Waals surface area contributed by atoms with Crippen LogP contribution in [0, 0.1) is 0 Å². The third kappa shape index (κ3) is 3.04. The van der Waals surface area contributed by atoms with Gasteiger partial charge >= 0.3 is 0 Å². The molecule has 2 aromatic rings. The number of nitrogens with zero attached hydrogens (tertiary/aromatic N) is 3. The first-order valence-electron chi connectivity index (χ1n) is 7.00. The third-order valence-electron chi connectivity index (χ3n) is 3.77. The van der Waals surface area contributed by atoms with E-state index in [0.29, 0.717) is 6.04 Å². The topological polar surface area (TPSA) is 42.7 Å². The van der Waals surface area contributed by atoms with Crippen molar-refractivity contribution < 1.29 is 0 Å². The van der Waals surface area contributed by atoms with Crippen LogP contribution in [-0.2, 0) is 6.54 Å². The van der Waals surface area contributed by atoms with Crippen LogP contribution in [0.3, 0.4) is 0 Å². The van der Waals surface area contributed by atoms with E-state index in [1.165, 1.54) is 25.7 Å². The molecule has 0 aromatic carbocycles. The average Bonchev–Trinajstić information content (AvgIpc) is 3.14. The van der Waals surface area contributed by atoms with Crippen molar-refractivity contribution in [3.05, 3.63) is 34.5 Å². The van der Waals surface area contributed by atoms with Crippen LogP contribution >= 0.6 is 11.3 Å². The molecule has 2 aromatic heterocycles. The lowest BCUT2D eigenvalue weighted by Crippen LogP contribution is -2.18. The molecule has 102 valence electrons. The quantitative estimate of drug-likeness (QED) is 0.911. The van der Waals surface area contributed by atoms with Gasteiger partial charge in [0.25, 0.3) is 0 Å². The second-order valence-electron chi connectivity index (χ2n) is 5.20. The summed E-state index contributed by atoms with van der Waals surface area (Å²) in [5.74, 6) is 0. The number of thiazole rings is 1. The maximum atomic E-state index is 4.68. The van der Waals surface area contributed by atoms with Crippen molar-refractivity contribution in [1.29, 1.82) is 0 Å². The Hall–Kier alpha value is -1.20. The molecule has 0 radical (unpaired) electrons. The fourth-order valence-electron chi connectivity index (χ4n) is 2.64. The third-order valence-corrected chi connectivity index (χ3v) is 4.73. The Morgan fingerprint density at radius 1 is 1.47 bits per heavy atom. The van der Waals surface area contributed by atoms with Crippen molar-refractivity contribution in [2.45, 2.75) is 51.2 Å². The first kappa shape index (κ1) is 12.8. The summed E-state index contributed by atoms with van der Waals surface area (Å²) in [6, 6.07) is 3.04. The minimum atomic E-state index is 0.289. The summed E-state index contributed by atoms with van der Waals surface area (Å²) >= 11 is 1.69. The van der Waals surface area contributed by atoms with Crippen molar-refractivity contribution in [1.82, 2.24) is 20.1 Å². The highest BCUT2D eigenvalue weighted by Crippen LogP contribution is 2.28. The van der Waals surface area contributed by atoms with Crippen LogP contribution in [0.2, 0.25) is 0 Å². The smallest absolute Gasteiger partial charge is 0.109 e. The van der Waals surface area contributed by atoms with Crippen molar-refractivity contribution in [3.8, 4) is 0 Å². The van der Waals surface area contributed by atoms with Gasteiger partial charge in [-0.3, -0.25) is 4.68 Å². The van der Waals surface area contributed by atoms with Crippen LogP contribution in [0.4, 0.5) is 0 Å². The molecule has 1 aliphatic rings. The minimum Gasteiger partial charge on any atom is -0.302 e. The summed E-state index contributed by atoms with van der Waals surface area (Å²) in [6.45, 7) is 2.95. The SMILES string of the molecule is CC(NCc1ccn(C2CCCC2)n1)c1nccs1. The molecular weight excluding hydrogens is 256 g/mol. The maximum Gasteiger partial charge on any atom is 0.109 e. The summed E-state index contributed by atoms with van der Waals surface area (Å²) in [6.07, 6.45) is 9.24. The number of nitrogens with one attached hydrogen (secondary N) is 1. The molecule has 3 rings (SSSR count). The molecule has 4 nitrogen and oxygen atoms in total. The molecule has 1 fully saturated rings. The van der Waals surface area contributed by atoms with Crippen LogP contribution < -0.4 is 5.32 Å². The number of hydrogen-bond donors (Lipinski definition) is 1. The first-order chi connectivity index (χ1) is 9.33. The lowest BCUT2D eigenvalue weighted by molar-refractivity contribution is 0.458. The highest BCUT2D eigenvalue weighted by molar-refractivity contribution is 7.09. The molecule has 1 saturated carbocycles. The zero-order valence-corrected chi connectivity index (χ0v) is 12.1. The van der Waals surface area contributed by atoms with E-state index in [-0.39, 0.29) is 6.04 Å².